The van der Waals surface area contributed by atoms with Gasteiger partial charge in [-0.3, -0.25) is 4.79 Å². The van der Waals surface area contributed by atoms with Gasteiger partial charge in [0.1, 0.15) is 17.6 Å². The quantitative estimate of drug-likeness (QED) is 0.917. The average Bonchev–Trinajstić information content (AvgIpc) is 2.56. The molecule has 2 aromatic rings. The second kappa shape index (κ2) is 7.63. The van der Waals surface area contributed by atoms with Gasteiger partial charge in [0.25, 0.3) is 5.91 Å². The highest BCUT2D eigenvalue weighted by Crippen LogP contribution is 2.27. The van der Waals surface area contributed by atoms with Crippen molar-refractivity contribution in [2.75, 3.05) is 0 Å². The van der Waals surface area contributed by atoms with Gasteiger partial charge in [0.05, 0.1) is 23.6 Å². The van der Waals surface area contributed by atoms with E-state index in [1.54, 1.807) is 55.5 Å². The molecule has 0 aliphatic carbocycles. The summed E-state index contributed by atoms with van der Waals surface area (Å²) in [5.41, 5.74) is 0.741. The largest absolute Gasteiger partial charge is 0.455 e. The average molecular weight is 305 g/mol. The molecule has 0 saturated heterocycles. The lowest BCUT2D eigenvalue weighted by Crippen LogP contribution is -2.32. The van der Waals surface area contributed by atoms with Gasteiger partial charge < -0.3 is 10.1 Å². The first kappa shape index (κ1) is 16.1. The molecule has 1 atom stereocenters. The van der Waals surface area contributed by atoms with Crippen LogP contribution < -0.4 is 10.1 Å². The molecule has 23 heavy (non-hydrogen) atoms. The molecule has 5 nitrogen and oxygen atoms in total. The van der Waals surface area contributed by atoms with E-state index in [1.807, 2.05) is 6.07 Å². The second-order valence-corrected chi connectivity index (χ2v) is 4.94. The number of ether oxygens (including phenoxy) is 1. The Hall–Kier alpha value is -3.31. The van der Waals surface area contributed by atoms with Crippen molar-refractivity contribution in [2.24, 2.45) is 0 Å². The molecule has 2 aromatic carbocycles. The summed E-state index contributed by atoms with van der Waals surface area (Å²) in [6, 6.07) is 17.4. The maximum absolute atomic E-state index is 12.3. The normalized spacial score (nSPS) is 10.9. The summed E-state index contributed by atoms with van der Waals surface area (Å²) in [6.45, 7) is 1.76. The molecule has 0 saturated carbocycles. The molecular formula is C18H15N3O2. The van der Waals surface area contributed by atoms with Crippen LogP contribution >= 0.6 is 0 Å². The number of hydrogen-bond acceptors (Lipinski definition) is 4. The minimum Gasteiger partial charge on any atom is -0.455 e. The Morgan fingerprint density at radius 1 is 1.13 bits per heavy atom. The first-order valence-electron chi connectivity index (χ1n) is 7.09. The molecule has 0 spiro atoms. The van der Waals surface area contributed by atoms with E-state index in [-0.39, 0.29) is 18.4 Å². The Kier molecular flexibility index (Phi) is 5.33. The third-order valence-electron chi connectivity index (χ3n) is 3.13. The van der Waals surface area contributed by atoms with Crippen LogP contribution in [0.4, 0.5) is 0 Å². The minimum absolute atomic E-state index is 0.228. The Morgan fingerprint density at radius 3 is 2.48 bits per heavy atom. The molecule has 114 valence electrons. The van der Waals surface area contributed by atoms with Crippen molar-refractivity contribution in [3.05, 3.63) is 59.7 Å². The summed E-state index contributed by atoms with van der Waals surface area (Å²) in [6.07, 6.45) is 0.228. The standard InChI is InChI=1S/C18H15N3O2/c1-13(10-11-19)21-18(22)15-7-3-5-9-17(15)23-16-8-4-2-6-14(16)12-20/h2-9,13H,10H2,1H3,(H,21,22)/t13-/m1/s1. The molecule has 0 bridgehead atoms. The van der Waals surface area contributed by atoms with Crippen LogP contribution in [0.2, 0.25) is 0 Å². The third-order valence-corrected chi connectivity index (χ3v) is 3.13. The maximum Gasteiger partial charge on any atom is 0.255 e. The molecule has 0 aliphatic rings. The summed E-state index contributed by atoms with van der Waals surface area (Å²) in [5.74, 6) is 0.426. The van der Waals surface area contributed by atoms with Crippen molar-refractivity contribution in [1.29, 1.82) is 10.5 Å². The minimum atomic E-state index is -0.321. The van der Waals surface area contributed by atoms with Crippen LogP contribution in [0, 0.1) is 22.7 Å². The summed E-state index contributed by atoms with van der Waals surface area (Å²) in [4.78, 5) is 12.3. The van der Waals surface area contributed by atoms with Crippen molar-refractivity contribution in [2.45, 2.75) is 19.4 Å². The first-order chi connectivity index (χ1) is 11.2. The fourth-order valence-electron chi connectivity index (χ4n) is 2.00. The molecule has 0 heterocycles. The van der Waals surface area contributed by atoms with Crippen molar-refractivity contribution >= 4 is 5.91 Å². The summed E-state index contributed by atoms with van der Waals surface area (Å²) in [5, 5.41) is 20.5. The van der Waals surface area contributed by atoms with Crippen LogP contribution in [0.15, 0.2) is 48.5 Å². The predicted octanol–water partition coefficient (Wildman–Crippen LogP) is 3.38. The lowest BCUT2D eigenvalue weighted by molar-refractivity contribution is 0.0938. The van der Waals surface area contributed by atoms with E-state index in [4.69, 9.17) is 15.3 Å². The summed E-state index contributed by atoms with van der Waals surface area (Å²) >= 11 is 0. The van der Waals surface area contributed by atoms with E-state index >= 15 is 0 Å². The van der Waals surface area contributed by atoms with E-state index in [2.05, 4.69) is 11.4 Å². The van der Waals surface area contributed by atoms with Gasteiger partial charge in [0, 0.05) is 6.04 Å². The smallest absolute Gasteiger partial charge is 0.255 e. The number of nitrogens with one attached hydrogen (secondary N) is 1. The first-order valence-corrected chi connectivity index (χ1v) is 7.09. The zero-order valence-corrected chi connectivity index (χ0v) is 12.6. The van der Waals surface area contributed by atoms with Gasteiger partial charge in [-0.15, -0.1) is 0 Å². The SMILES string of the molecule is C[C@H](CC#N)NC(=O)c1ccccc1Oc1ccccc1C#N. The number of amides is 1. The maximum atomic E-state index is 12.3. The number of carbonyl (C=O) groups is 1. The molecule has 0 aliphatic heterocycles. The molecule has 0 aromatic heterocycles. The molecular weight excluding hydrogens is 290 g/mol. The zero-order chi connectivity index (χ0) is 16.7. The van der Waals surface area contributed by atoms with Gasteiger partial charge in [-0.1, -0.05) is 24.3 Å². The van der Waals surface area contributed by atoms with Crippen LogP contribution in [-0.4, -0.2) is 11.9 Å². The Bertz CT molecular complexity index is 787. The number of para-hydroxylation sites is 2. The van der Waals surface area contributed by atoms with Gasteiger partial charge in [-0.2, -0.15) is 10.5 Å². The van der Waals surface area contributed by atoms with E-state index in [0.29, 0.717) is 22.6 Å². The number of benzene rings is 2. The molecule has 2 rings (SSSR count). The van der Waals surface area contributed by atoms with E-state index in [0.717, 1.165) is 0 Å². The highest BCUT2D eigenvalue weighted by molar-refractivity contribution is 5.97. The molecule has 0 unspecified atom stereocenters. The van der Waals surface area contributed by atoms with E-state index in [1.165, 1.54) is 0 Å². The Morgan fingerprint density at radius 2 is 1.78 bits per heavy atom. The fourth-order valence-corrected chi connectivity index (χ4v) is 2.00. The predicted molar refractivity (Wildman–Crippen MR) is 84.8 cm³/mol. The zero-order valence-electron chi connectivity index (χ0n) is 12.6. The highest BCUT2D eigenvalue weighted by Gasteiger charge is 2.15. The molecule has 5 heteroatoms. The van der Waals surface area contributed by atoms with Gasteiger partial charge in [-0.05, 0) is 31.2 Å². The third kappa shape index (κ3) is 4.09. The van der Waals surface area contributed by atoms with Crippen molar-refractivity contribution in [3.63, 3.8) is 0 Å². The molecule has 1 amide bonds. The fraction of sp³-hybridized carbons (Fsp3) is 0.167. The van der Waals surface area contributed by atoms with Crippen molar-refractivity contribution in [3.8, 4) is 23.6 Å². The molecule has 0 radical (unpaired) electrons. The number of nitrogens with zero attached hydrogens (tertiary/aromatic N) is 2. The van der Waals surface area contributed by atoms with Gasteiger partial charge in [-0.25, -0.2) is 0 Å². The van der Waals surface area contributed by atoms with Gasteiger partial charge in [0.2, 0.25) is 0 Å². The van der Waals surface area contributed by atoms with Crippen LogP contribution in [0.3, 0.4) is 0 Å². The van der Waals surface area contributed by atoms with E-state index in [9.17, 15) is 4.79 Å². The van der Waals surface area contributed by atoms with Crippen LogP contribution in [0.5, 0.6) is 11.5 Å². The van der Waals surface area contributed by atoms with Gasteiger partial charge in [0.15, 0.2) is 0 Å². The Balaban J connectivity index is 2.26. The van der Waals surface area contributed by atoms with Crippen molar-refractivity contribution < 1.29 is 9.53 Å². The molecule has 0 fully saturated rings. The number of nitriles is 2. The van der Waals surface area contributed by atoms with Gasteiger partial charge >= 0.3 is 0 Å². The highest BCUT2D eigenvalue weighted by atomic mass is 16.5. The Labute approximate surface area is 134 Å². The summed E-state index contributed by atoms with van der Waals surface area (Å²) < 4.78 is 5.75. The number of hydrogen-bond donors (Lipinski definition) is 1. The lowest BCUT2D eigenvalue weighted by atomic mass is 10.1. The van der Waals surface area contributed by atoms with Crippen molar-refractivity contribution in [1.82, 2.24) is 5.32 Å². The van der Waals surface area contributed by atoms with Crippen LogP contribution in [0.25, 0.3) is 0 Å². The monoisotopic (exact) mass is 305 g/mol. The number of carbonyl (C=O) groups excluding carboxylic acids is 1. The van der Waals surface area contributed by atoms with E-state index < -0.39 is 0 Å². The second-order valence-electron chi connectivity index (χ2n) is 4.94. The number of rotatable bonds is 5. The lowest BCUT2D eigenvalue weighted by Gasteiger charge is -2.14. The topological polar surface area (TPSA) is 85.9 Å². The summed E-state index contributed by atoms with van der Waals surface area (Å²) in [7, 11) is 0. The van der Waals surface area contributed by atoms with Crippen LogP contribution in [-0.2, 0) is 0 Å². The van der Waals surface area contributed by atoms with Crippen LogP contribution in [0.1, 0.15) is 29.3 Å². The molecule has 1 N–H and O–H groups in total.